The topological polar surface area (TPSA) is 370 Å². The Morgan fingerprint density at radius 3 is 1.16 bits per heavy atom. The number of nitrogens with two attached hydrogens (primary N) is 1. The summed E-state index contributed by atoms with van der Waals surface area (Å²) in [6.45, 7) is 4.47. The molecule has 0 radical (unpaired) electrons. The zero-order valence-corrected chi connectivity index (χ0v) is 80.3. The molecule has 4 atom stereocenters. The number of hydrogen-bond donors (Lipinski definition) is 6. The number of nitro groups is 2. The Labute approximate surface area is 834 Å². The molecule has 144 heavy (non-hydrogen) atoms. The van der Waals surface area contributed by atoms with Gasteiger partial charge in [0, 0.05) is 120 Å². The summed E-state index contributed by atoms with van der Waals surface area (Å²) in [5.74, 6) is 0.151. The lowest BCUT2D eigenvalue weighted by Gasteiger charge is -2.28. The molecule has 7 N–H and O–H groups in total. The van der Waals surface area contributed by atoms with Crippen molar-refractivity contribution in [1.29, 1.82) is 0 Å². The molecule has 736 valence electrons. The number of carbonyl (C=O) groups excluding carboxylic acids is 6. The van der Waals surface area contributed by atoms with Gasteiger partial charge in [-0.15, -0.1) is 0 Å². The lowest BCUT2D eigenvalue weighted by molar-refractivity contribution is -0.384. The molecule has 8 aliphatic rings. The SMILES string of the molecule is CN(CCN1CCOCC1)C(=O)c1cccc(C(=O)Nc2ccc(OC3CCC3)cc2-c2cc(C(=O)N[C@H]3CCCc4ccccc43)ccn2)c1.Nc1ccc(OC2CCC2)cc1-c1cc(C(=O)N[C@H]2CCCc3ccccc32)ccn1.O=C(N[C@H]1CCCc2ccccc21)c1ccnc(-c2cc(F)ccc2[N+](=O)[O-])c1.O=C(N[C@H]1CCCc2ccccc21)c1ccnc(-c2cc(OC3CCC3)ccc2[N+](=O)[O-])c1. The predicted molar refractivity (Wildman–Crippen MR) is 548 cm³/mol. The molecule has 28 nitrogen and oxygen atoms in total. The third-order valence-corrected chi connectivity index (χ3v) is 28.1. The van der Waals surface area contributed by atoms with Crippen molar-refractivity contribution in [2.45, 2.75) is 177 Å². The van der Waals surface area contributed by atoms with E-state index in [-0.39, 0.29) is 94.5 Å². The maximum atomic E-state index is 13.7. The van der Waals surface area contributed by atoms with Crippen LogP contribution in [0.1, 0.15) is 240 Å². The molecule has 3 saturated carbocycles. The van der Waals surface area contributed by atoms with Crippen LogP contribution in [-0.4, -0.2) is 140 Å². The van der Waals surface area contributed by atoms with Crippen molar-refractivity contribution < 1.29 is 62.0 Å². The molecule has 1 saturated heterocycles. The standard InChI is InChI=1S/C41H45N5O5.C26H25N3O4.C26H27N3O2.C22H18FN3O3/c1-45(19-20-46-21-23-50-24-22-46)41(49)31-10-4-9-29(25-31)39(47)44-37-16-15-33(51-32-11-6-12-32)27-35(37)38-26-30(17-18-42-38)40(48)43-36-14-5-8-28-7-2-3-13-34(28)36;30-26(28-23-10-3-6-17-5-1-2-9-21(17)23)18-13-14-27-24(15-18)22-16-20(33-19-7-4-8-19)11-12-25(22)29(31)32;27-23-12-11-20(31-19-7-4-8-19)16-22(23)25-15-18(13-14-28-25)26(30)29-24-10-3-6-17-5-1-2-9-21(17)24;23-16-8-9-21(26(28)29)18(13-16)20-12-15(10-11-24-20)22(27)25-19-7-3-5-14-4-1-2-6-17(14)19/h2-4,7,9-10,13,15-18,25-27,32,36H,5-6,8,11-12,14,19-24H2,1H3,(H,43,48)(H,44,47);1-2,5,9,11-16,19,23H,3-4,6-8,10H2,(H,28,30);1-2,5,9,11-16,19,24H,3-4,6-8,10,27H2,(H,29,30);1-2,4,6,8-13,19H,3,5,7H2,(H,25,27)/t36-;23-;24-;19-/m0000/s1. The number of rotatable bonds is 26. The molecule has 6 amide bonds. The number of nitro benzene ring substituents is 2. The number of nitrogens with zero attached hydrogens (tertiary/aromatic N) is 8. The van der Waals surface area contributed by atoms with Crippen LogP contribution in [0.5, 0.6) is 17.2 Å². The van der Waals surface area contributed by atoms with Gasteiger partial charge in [0.25, 0.3) is 46.8 Å². The third kappa shape index (κ3) is 24.3. The van der Waals surface area contributed by atoms with E-state index in [9.17, 15) is 53.4 Å². The number of amides is 6. The fourth-order valence-corrected chi connectivity index (χ4v) is 19.5. The molecule has 7 aliphatic carbocycles. The van der Waals surface area contributed by atoms with Gasteiger partial charge >= 0.3 is 0 Å². The summed E-state index contributed by atoms with van der Waals surface area (Å²) in [6.07, 6.45) is 28.2. The second kappa shape index (κ2) is 46.3. The lowest BCUT2D eigenvalue weighted by atomic mass is 9.87. The van der Waals surface area contributed by atoms with E-state index in [0.717, 1.165) is 189 Å². The molecule has 0 bridgehead atoms. The largest absolute Gasteiger partial charge is 0.490 e. The number of halogens is 1. The molecule has 29 heteroatoms. The highest BCUT2D eigenvalue weighted by molar-refractivity contribution is 6.08. The molecule has 5 heterocycles. The van der Waals surface area contributed by atoms with Crippen LogP contribution < -0.4 is 46.5 Å². The first-order valence-electron chi connectivity index (χ1n) is 49.8. The van der Waals surface area contributed by atoms with Crippen LogP contribution in [-0.2, 0) is 30.4 Å². The highest BCUT2D eigenvalue weighted by atomic mass is 19.1. The second-order valence-corrected chi connectivity index (χ2v) is 37.7. The van der Waals surface area contributed by atoms with E-state index in [1.54, 1.807) is 97.1 Å². The van der Waals surface area contributed by atoms with Gasteiger partial charge < -0.3 is 56.2 Å². The fraction of sp³-hybridized carbons (Fsp3) is 0.304. The predicted octanol–water partition coefficient (Wildman–Crippen LogP) is 21.2. The van der Waals surface area contributed by atoms with Gasteiger partial charge in [-0.25, -0.2) is 4.39 Å². The smallest absolute Gasteiger partial charge is 0.279 e. The lowest BCUT2D eigenvalue weighted by Crippen LogP contribution is -2.41. The van der Waals surface area contributed by atoms with E-state index in [4.69, 9.17) is 24.7 Å². The number of aromatic nitrogens is 4. The van der Waals surface area contributed by atoms with Crippen LogP contribution in [0, 0.1) is 26.0 Å². The van der Waals surface area contributed by atoms with Crippen molar-refractivity contribution in [2.75, 3.05) is 57.5 Å². The summed E-state index contributed by atoms with van der Waals surface area (Å²) >= 11 is 0. The van der Waals surface area contributed by atoms with E-state index in [1.807, 2.05) is 91.0 Å². The summed E-state index contributed by atoms with van der Waals surface area (Å²) in [5, 5.41) is 38.6. The minimum absolute atomic E-state index is 0.0349. The number of pyridine rings is 4. The number of fused-ring (bicyclic) bond motifs is 4. The van der Waals surface area contributed by atoms with Gasteiger partial charge in [0.05, 0.1) is 105 Å². The number of nitrogen functional groups attached to an aromatic ring is 1. The average Bonchev–Trinajstić information content (AvgIpc) is 0.804. The summed E-state index contributed by atoms with van der Waals surface area (Å²) in [5.41, 5.74) is 22.9. The van der Waals surface area contributed by atoms with Gasteiger partial charge in [-0.3, -0.25) is 73.8 Å². The monoisotopic (exact) mass is 1930 g/mol. The quantitative estimate of drug-likeness (QED) is 0.0167. The summed E-state index contributed by atoms with van der Waals surface area (Å²) in [7, 11) is 1.78. The summed E-state index contributed by atoms with van der Waals surface area (Å²) in [4.78, 5) is 123. The van der Waals surface area contributed by atoms with Crippen molar-refractivity contribution in [3.63, 3.8) is 0 Å². The number of nitrogens with one attached hydrogen (secondary N) is 5. The molecule has 4 fully saturated rings. The van der Waals surface area contributed by atoms with Crippen molar-refractivity contribution >= 4 is 58.2 Å². The van der Waals surface area contributed by atoms with Crippen molar-refractivity contribution in [2.24, 2.45) is 0 Å². The van der Waals surface area contributed by atoms with Crippen molar-refractivity contribution in [3.8, 4) is 62.3 Å². The average molecular weight is 1940 g/mol. The Bertz CT molecular complexity index is 6900. The Morgan fingerprint density at radius 1 is 0.396 bits per heavy atom. The van der Waals surface area contributed by atoms with Crippen molar-refractivity contribution in [3.05, 3.63) is 371 Å². The van der Waals surface area contributed by atoms with Crippen LogP contribution in [0.3, 0.4) is 0 Å². The first kappa shape index (κ1) is 98.4. The molecule has 0 spiro atoms. The fourth-order valence-electron chi connectivity index (χ4n) is 19.5. The highest BCUT2D eigenvalue weighted by Gasteiger charge is 2.32. The summed E-state index contributed by atoms with van der Waals surface area (Å²) in [6, 6.07) is 71.8. The molecule has 4 aromatic heterocycles. The van der Waals surface area contributed by atoms with Crippen LogP contribution in [0.2, 0.25) is 0 Å². The Balaban J connectivity index is 0.000000130. The van der Waals surface area contributed by atoms with Crippen molar-refractivity contribution in [1.82, 2.24) is 51.0 Å². The number of morpholine rings is 1. The van der Waals surface area contributed by atoms with E-state index in [2.05, 4.69) is 100.0 Å². The van der Waals surface area contributed by atoms with E-state index >= 15 is 0 Å². The third-order valence-electron chi connectivity index (χ3n) is 28.1. The van der Waals surface area contributed by atoms with Gasteiger partial charge in [0.1, 0.15) is 23.1 Å². The number of hydrogen-bond acceptors (Lipinski definition) is 20. The molecular weight excluding hydrogens is 1820 g/mol. The van der Waals surface area contributed by atoms with Crippen LogP contribution in [0.15, 0.2) is 267 Å². The van der Waals surface area contributed by atoms with Crippen LogP contribution in [0.25, 0.3) is 45.0 Å². The number of ether oxygens (including phenoxy) is 4. The number of benzene rings is 9. The number of carbonyl (C=O) groups is 6. The van der Waals surface area contributed by atoms with E-state index in [0.29, 0.717) is 110 Å². The number of aryl methyl sites for hydroxylation is 4. The van der Waals surface area contributed by atoms with E-state index < -0.39 is 15.7 Å². The summed E-state index contributed by atoms with van der Waals surface area (Å²) < 4.78 is 37.3. The Kier molecular flexibility index (Phi) is 31.7. The van der Waals surface area contributed by atoms with E-state index in [1.165, 1.54) is 64.3 Å². The normalized spacial score (nSPS) is 17.2. The maximum Gasteiger partial charge on any atom is 0.279 e. The maximum absolute atomic E-state index is 13.7. The zero-order valence-electron chi connectivity index (χ0n) is 80.3. The number of likely N-dealkylation sites (N-methyl/N-ethyl adjacent to an activating group) is 1. The van der Waals surface area contributed by atoms with Crippen LogP contribution in [0.4, 0.5) is 27.1 Å². The van der Waals surface area contributed by atoms with Gasteiger partial charge in [-0.05, 0) is 307 Å². The first-order chi connectivity index (χ1) is 70.2. The van der Waals surface area contributed by atoms with Gasteiger partial charge in [0.15, 0.2) is 0 Å². The zero-order chi connectivity index (χ0) is 99.5. The minimum Gasteiger partial charge on any atom is -0.490 e. The first-order valence-corrected chi connectivity index (χ1v) is 49.8. The highest BCUT2D eigenvalue weighted by Crippen LogP contribution is 2.42. The van der Waals surface area contributed by atoms with Crippen LogP contribution >= 0.6 is 0 Å². The Morgan fingerprint density at radius 2 is 0.750 bits per heavy atom. The molecule has 9 aromatic carbocycles. The molecule has 1 aliphatic heterocycles. The second-order valence-electron chi connectivity index (χ2n) is 37.7. The molecule has 13 aromatic rings. The molecule has 21 rings (SSSR count). The van der Waals surface area contributed by atoms with Gasteiger partial charge in [0.2, 0.25) is 0 Å². The Hall–Kier alpha value is -15.8. The van der Waals surface area contributed by atoms with Gasteiger partial charge in [-0.2, -0.15) is 0 Å². The number of anilines is 2. The molecular formula is C115H115FN14O14. The molecule has 0 unspecified atom stereocenters. The van der Waals surface area contributed by atoms with Gasteiger partial charge in [-0.1, -0.05) is 103 Å². The minimum atomic E-state index is -0.610.